The Morgan fingerprint density at radius 1 is 1.45 bits per heavy atom. The summed E-state index contributed by atoms with van der Waals surface area (Å²) in [4.78, 5) is 0. The van der Waals surface area contributed by atoms with E-state index in [1.807, 2.05) is 0 Å². The predicted molar refractivity (Wildman–Crippen MR) is 47.3 cm³/mol. The molecule has 0 radical (unpaired) electrons. The smallest absolute Gasteiger partial charge is 0.211 e. The van der Waals surface area contributed by atoms with Crippen molar-refractivity contribution in [1.82, 2.24) is 4.72 Å². The average Bonchev–Trinajstić information content (AvgIpc) is 1.97. The highest BCUT2D eigenvalue weighted by atomic mass is 32.2. The van der Waals surface area contributed by atoms with Crippen LogP contribution in [0.2, 0.25) is 0 Å². The fraction of sp³-hybridized carbons (Fsp3) is 1.00. The van der Waals surface area contributed by atoms with Crippen LogP contribution in [0.1, 0.15) is 6.42 Å². The third-order valence-electron chi connectivity index (χ3n) is 1.00. The Hall–Kier alpha value is 0.220. The summed E-state index contributed by atoms with van der Waals surface area (Å²) >= 11 is 3.88. The Morgan fingerprint density at radius 2 is 2.09 bits per heavy atom. The number of nitrogens with one attached hydrogen (secondary N) is 1. The van der Waals surface area contributed by atoms with Crippen molar-refractivity contribution >= 4 is 22.7 Å². The zero-order valence-electron chi connectivity index (χ0n) is 6.15. The minimum absolute atomic E-state index is 0.0799. The second-order valence-corrected chi connectivity index (χ2v) is 4.39. The van der Waals surface area contributed by atoms with Gasteiger partial charge in [0.1, 0.15) is 0 Å². The molecular weight excluding hydrogens is 186 g/mol. The van der Waals surface area contributed by atoms with E-state index in [4.69, 9.17) is 5.11 Å². The number of aliphatic hydroxyl groups excluding tert-OH is 1. The standard InChI is InChI=1S/C5H13NO3S2/c7-3-2-6-11(8,9)5-1-4-10/h6-7,10H,1-5H2. The van der Waals surface area contributed by atoms with E-state index in [1.165, 1.54) is 0 Å². The molecule has 0 atom stereocenters. The zero-order valence-corrected chi connectivity index (χ0v) is 7.87. The molecular formula is C5H13NO3S2. The van der Waals surface area contributed by atoms with Crippen LogP contribution in [-0.4, -0.2) is 38.2 Å². The lowest BCUT2D eigenvalue weighted by Crippen LogP contribution is -2.29. The van der Waals surface area contributed by atoms with Crippen LogP contribution in [0.4, 0.5) is 0 Å². The van der Waals surface area contributed by atoms with Crippen molar-refractivity contribution in [1.29, 1.82) is 0 Å². The van der Waals surface area contributed by atoms with Gasteiger partial charge in [-0.1, -0.05) is 0 Å². The summed E-state index contributed by atoms with van der Waals surface area (Å²) in [7, 11) is -3.16. The Balaban J connectivity index is 3.63. The van der Waals surface area contributed by atoms with Crippen molar-refractivity contribution in [3.63, 3.8) is 0 Å². The van der Waals surface area contributed by atoms with E-state index in [9.17, 15) is 8.42 Å². The average molecular weight is 199 g/mol. The van der Waals surface area contributed by atoms with Crippen LogP contribution < -0.4 is 4.72 Å². The molecule has 0 fully saturated rings. The van der Waals surface area contributed by atoms with Gasteiger partial charge in [-0.2, -0.15) is 12.6 Å². The molecule has 11 heavy (non-hydrogen) atoms. The van der Waals surface area contributed by atoms with Gasteiger partial charge in [0.15, 0.2) is 0 Å². The molecule has 0 unspecified atom stereocenters. The highest BCUT2D eigenvalue weighted by Crippen LogP contribution is 1.90. The van der Waals surface area contributed by atoms with Gasteiger partial charge in [0.05, 0.1) is 12.4 Å². The molecule has 0 aromatic rings. The van der Waals surface area contributed by atoms with E-state index in [2.05, 4.69) is 17.4 Å². The van der Waals surface area contributed by atoms with Gasteiger partial charge >= 0.3 is 0 Å². The highest BCUT2D eigenvalue weighted by molar-refractivity contribution is 7.89. The Kier molecular flexibility index (Phi) is 5.93. The SMILES string of the molecule is O=S(=O)(CCCS)NCCO. The third kappa shape index (κ3) is 6.61. The lowest BCUT2D eigenvalue weighted by Gasteiger charge is -2.02. The monoisotopic (exact) mass is 199 g/mol. The summed E-state index contributed by atoms with van der Waals surface area (Å²) in [5.74, 6) is 0.635. The molecule has 0 aliphatic rings. The minimum atomic E-state index is -3.16. The van der Waals surface area contributed by atoms with Crippen LogP contribution in [0, 0.1) is 0 Å². The second kappa shape index (κ2) is 5.82. The topological polar surface area (TPSA) is 66.4 Å². The molecule has 0 saturated carbocycles. The van der Waals surface area contributed by atoms with Gasteiger partial charge in [-0.25, -0.2) is 13.1 Å². The molecule has 0 bridgehead atoms. The van der Waals surface area contributed by atoms with Gasteiger partial charge in [-0.3, -0.25) is 0 Å². The van der Waals surface area contributed by atoms with Crippen LogP contribution in [0.15, 0.2) is 0 Å². The van der Waals surface area contributed by atoms with Gasteiger partial charge in [0.2, 0.25) is 10.0 Å². The largest absolute Gasteiger partial charge is 0.395 e. The zero-order chi connectivity index (χ0) is 8.74. The van der Waals surface area contributed by atoms with E-state index in [-0.39, 0.29) is 18.9 Å². The van der Waals surface area contributed by atoms with E-state index in [0.717, 1.165) is 0 Å². The van der Waals surface area contributed by atoms with Crippen molar-refractivity contribution in [3.8, 4) is 0 Å². The summed E-state index contributed by atoms with van der Waals surface area (Å²) in [6.45, 7) is -0.0744. The van der Waals surface area contributed by atoms with Crippen LogP contribution in [-0.2, 0) is 10.0 Å². The molecule has 0 heterocycles. The normalized spacial score (nSPS) is 11.8. The summed E-state index contributed by atoms with van der Waals surface area (Å²) in [6, 6.07) is 0. The molecule has 0 amide bonds. The Bertz CT molecular complexity index is 164. The first-order valence-electron chi connectivity index (χ1n) is 3.31. The quantitative estimate of drug-likeness (QED) is 0.492. The molecule has 0 aliphatic heterocycles. The van der Waals surface area contributed by atoms with E-state index in [0.29, 0.717) is 12.2 Å². The van der Waals surface area contributed by atoms with Gasteiger partial charge < -0.3 is 5.11 Å². The number of sulfonamides is 1. The van der Waals surface area contributed by atoms with Crippen molar-refractivity contribution in [2.45, 2.75) is 6.42 Å². The van der Waals surface area contributed by atoms with Crippen LogP contribution in [0.25, 0.3) is 0 Å². The third-order valence-corrected chi connectivity index (χ3v) is 2.79. The number of rotatable bonds is 6. The first-order valence-corrected chi connectivity index (χ1v) is 5.60. The first-order chi connectivity index (χ1) is 5.12. The maximum Gasteiger partial charge on any atom is 0.211 e. The molecule has 68 valence electrons. The van der Waals surface area contributed by atoms with E-state index in [1.54, 1.807) is 0 Å². The van der Waals surface area contributed by atoms with Gasteiger partial charge in [0.25, 0.3) is 0 Å². The van der Waals surface area contributed by atoms with Crippen molar-refractivity contribution in [2.24, 2.45) is 0 Å². The fourth-order valence-electron chi connectivity index (χ4n) is 0.528. The summed E-state index contributed by atoms with van der Waals surface area (Å²) < 4.78 is 24.0. The lowest BCUT2D eigenvalue weighted by atomic mass is 10.6. The Labute approximate surface area is 72.5 Å². The summed E-state index contributed by atoms with van der Waals surface area (Å²) in [6.07, 6.45) is 0.532. The molecule has 0 saturated heterocycles. The first kappa shape index (κ1) is 11.2. The molecule has 2 N–H and O–H groups in total. The van der Waals surface area contributed by atoms with Crippen molar-refractivity contribution < 1.29 is 13.5 Å². The van der Waals surface area contributed by atoms with Crippen molar-refractivity contribution in [2.75, 3.05) is 24.7 Å². The van der Waals surface area contributed by atoms with Crippen LogP contribution >= 0.6 is 12.6 Å². The van der Waals surface area contributed by atoms with Crippen molar-refractivity contribution in [3.05, 3.63) is 0 Å². The molecule has 0 spiro atoms. The number of hydrogen-bond donors (Lipinski definition) is 3. The molecule has 0 rings (SSSR count). The van der Waals surface area contributed by atoms with E-state index >= 15 is 0 Å². The molecule has 0 aliphatic carbocycles. The number of thiol groups is 1. The Morgan fingerprint density at radius 3 is 2.55 bits per heavy atom. The number of hydrogen-bond acceptors (Lipinski definition) is 4. The lowest BCUT2D eigenvalue weighted by molar-refractivity contribution is 0.301. The number of aliphatic hydroxyl groups is 1. The predicted octanol–water partition coefficient (Wildman–Crippen LogP) is -0.782. The fourth-order valence-corrected chi connectivity index (χ4v) is 1.97. The van der Waals surface area contributed by atoms with E-state index < -0.39 is 10.0 Å². The van der Waals surface area contributed by atoms with Gasteiger partial charge in [-0.05, 0) is 12.2 Å². The highest BCUT2D eigenvalue weighted by Gasteiger charge is 2.06. The minimum Gasteiger partial charge on any atom is -0.395 e. The second-order valence-electron chi connectivity index (χ2n) is 2.01. The molecule has 0 aromatic carbocycles. The maximum absolute atomic E-state index is 10.9. The molecule has 0 aromatic heterocycles. The van der Waals surface area contributed by atoms with Gasteiger partial charge in [0, 0.05) is 6.54 Å². The maximum atomic E-state index is 10.9. The summed E-state index contributed by atoms with van der Waals surface area (Å²) in [5.41, 5.74) is 0. The molecule has 4 nitrogen and oxygen atoms in total. The molecule has 6 heteroatoms. The van der Waals surface area contributed by atoms with Crippen LogP contribution in [0.5, 0.6) is 0 Å². The van der Waals surface area contributed by atoms with Crippen LogP contribution in [0.3, 0.4) is 0 Å². The van der Waals surface area contributed by atoms with Gasteiger partial charge in [-0.15, -0.1) is 0 Å². The summed E-state index contributed by atoms with van der Waals surface area (Å²) in [5, 5.41) is 8.31.